The van der Waals surface area contributed by atoms with Gasteiger partial charge in [0.1, 0.15) is 17.7 Å². The highest BCUT2D eigenvalue weighted by Crippen LogP contribution is 2.48. The lowest BCUT2D eigenvalue weighted by atomic mass is 9.77. The van der Waals surface area contributed by atoms with Gasteiger partial charge in [-0.05, 0) is 154 Å². The smallest absolute Gasteiger partial charge is 0.413 e. The van der Waals surface area contributed by atoms with Gasteiger partial charge in [0, 0.05) is 61.5 Å². The molecule has 4 fully saturated rings. The number of nitrogens with one attached hydrogen (secondary N) is 2. The quantitative estimate of drug-likeness (QED) is 0.0263. The van der Waals surface area contributed by atoms with Crippen molar-refractivity contribution in [3.63, 3.8) is 0 Å². The molecule has 2 N–H and O–H groups in total. The molecule has 580 valence electrons. The summed E-state index contributed by atoms with van der Waals surface area (Å²) in [5, 5.41) is 9.72. The maximum atomic E-state index is 15.4. The Bertz CT molecular complexity index is 3920. The standard InChI is InChI=1S/C85H109N7O16/c1-16-102-70(93)46-56-32-36-60(37-33-56)88-44-42-62(48-88)90(54(11)64-30-22-26-58-24-18-20-28-66(58)64)82(99)106-80(52(7)8)104-78(97)74(50(3)4)86-76(95)72-68-40-41-69(92(68)84(101)108-85(13,14)15)73(72)77(96)87-75(51(5)6)79(98)105-81(53(9)10)107-83(100)91(55(12)65-31-23-27-59-25-19-21-29-67(59)65)63-43-45-89(49-63)61-38-34-57(35-39-61)47-71(94)103-17-2/h18-39,50-55,62-63,68-69,72-75,80-81H,16-17,40-49H2,1-15H3,(H,86,95)(H,87,96)/t54-,55-,62+,63+,68-,69+,72?,73-,74+,75-,80?,81?/m1/s1. The fourth-order valence-electron chi connectivity index (χ4n) is 15.7. The lowest BCUT2D eigenvalue weighted by Gasteiger charge is -2.36. The highest BCUT2D eigenvalue weighted by molar-refractivity contribution is 5.95. The zero-order valence-electron chi connectivity index (χ0n) is 65.2. The van der Waals surface area contributed by atoms with Gasteiger partial charge < -0.3 is 58.5 Å². The van der Waals surface area contributed by atoms with E-state index in [1.807, 2.05) is 147 Å². The molecule has 23 heteroatoms. The van der Waals surface area contributed by atoms with E-state index in [-0.39, 0.29) is 36.9 Å². The van der Waals surface area contributed by atoms with E-state index in [0.29, 0.717) is 65.1 Å². The van der Waals surface area contributed by atoms with Gasteiger partial charge in [0.2, 0.25) is 11.8 Å². The van der Waals surface area contributed by atoms with Gasteiger partial charge in [-0.3, -0.25) is 29.0 Å². The highest BCUT2D eigenvalue weighted by atomic mass is 16.7. The Labute approximate surface area is 634 Å². The van der Waals surface area contributed by atoms with E-state index < -0.39 is 132 Å². The van der Waals surface area contributed by atoms with Crippen LogP contribution in [0.25, 0.3) is 21.5 Å². The average molecular weight is 1480 g/mol. The van der Waals surface area contributed by atoms with Crippen LogP contribution in [-0.2, 0) is 74.8 Å². The van der Waals surface area contributed by atoms with Crippen molar-refractivity contribution in [2.75, 3.05) is 49.2 Å². The van der Waals surface area contributed by atoms with Crippen LogP contribution in [0.5, 0.6) is 0 Å². The Balaban J connectivity index is 0.860. The summed E-state index contributed by atoms with van der Waals surface area (Å²) in [4.78, 5) is 139. The van der Waals surface area contributed by atoms with Crippen molar-refractivity contribution in [2.45, 2.75) is 209 Å². The molecular weight excluding hydrogens is 1370 g/mol. The molecule has 4 aliphatic heterocycles. The number of ether oxygens (including phenoxy) is 7. The Kier molecular flexibility index (Phi) is 26.4. The number of nitrogens with zero attached hydrogens (tertiary/aromatic N) is 5. The highest BCUT2D eigenvalue weighted by Gasteiger charge is 2.62. The van der Waals surface area contributed by atoms with Crippen LogP contribution < -0.4 is 20.4 Å². The monoisotopic (exact) mass is 1480 g/mol. The first-order valence-electron chi connectivity index (χ1n) is 38.4. The van der Waals surface area contributed by atoms with Gasteiger partial charge in [0.25, 0.3) is 12.6 Å². The zero-order valence-corrected chi connectivity index (χ0v) is 65.2. The molecule has 6 aromatic carbocycles. The molecule has 3 unspecified atom stereocenters. The summed E-state index contributed by atoms with van der Waals surface area (Å²) >= 11 is 0. The van der Waals surface area contributed by atoms with Crippen LogP contribution in [0.2, 0.25) is 0 Å². The summed E-state index contributed by atoms with van der Waals surface area (Å²) in [6, 6.07) is 36.9. The number of carbonyl (C=O) groups excluding carboxylic acids is 9. The molecule has 0 saturated carbocycles. The molecule has 6 aromatic rings. The third kappa shape index (κ3) is 18.9. The first-order valence-corrected chi connectivity index (χ1v) is 38.4. The van der Waals surface area contributed by atoms with Crippen molar-refractivity contribution < 1.29 is 76.3 Å². The van der Waals surface area contributed by atoms with Crippen LogP contribution >= 0.6 is 0 Å². The number of carbonyl (C=O) groups is 9. The SMILES string of the molecule is CCOC(=O)Cc1ccc(N2CC[C@H](N(C(=O)OC(OC(=O)[C@@H](NC(=O)C3[C@H]4CC[C@@H]([C@H]3C(=O)N[C@@H](C(=O)OC(OC(=O)N([C@H]3CCN(c5ccc(CC(=O)OCC)cc5)C3)[C@H](C)c3cccc5ccccc35)C(C)C)C(C)C)N4C(=O)OC(C)(C)C)C(C)C)C(C)C)[C@H](C)c3cccc4ccccc34)C2)cc1. The Morgan fingerprint density at radius 2 is 0.833 bits per heavy atom. The second-order valence-electron chi connectivity index (χ2n) is 31.4. The van der Waals surface area contributed by atoms with Gasteiger partial charge >= 0.3 is 42.2 Å². The molecule has 2 bridgehead atoms. The number of anilines is 2. The van der Waals surface area contributed by atoms with Crippen LogP contribution in [0.3, 0.4) is 0 Å². The Hall–Kier alpha value is -9.93. The van der Waals surface area contributed by atoms with Crippen molar-refractivity contribution in [1.29, 1.82) is 0 Å². The molecule has 5 amide bonds. The largest absolute Gasteiger partial charge is 0.466 e. The van der Waals surface area contributed by atoms with Crippen molar-refractivity contribution >= 4 is 86.9 Å². The lowest BCUT2D eigenvalue weighted by Crippen LogP contribution is -2.55. The third-order valence-corrected chi connectivity index (χ3v) is 21.1. The predicted molar refractivity (Wildman–Crippen MR) is 411 cm³/mol. The number of fused-ring (bicyclic) bond motifs is 4. The number of esters is 4. The van der Waals surface area contributed by atoms with Crippen LogP contribution in [0.4, 0.5) is 25.8 Å². The molecule has 12 atom stereocenters. The van der Waals surface area contributed by atoms with Crippen molar-refractivity contribution in [3.8, 4) is 0 Å². The summed E-state index contributed by atoms with van der Waals surface area (Å²) in [5.74, 6) is -8.84. The van der Waals surface area contributed by atoms with Crippen LogP contribution in [-0.4, -0.2) is 162 Å². The van der Waals surface area contributed by atoms with Crippen LogP contribution in [0.1, 0.15) is 164 Å². The second kappa shape index (κ2) is 35.4. The fourth-order valence-corrected chi connectivity index (χ4v) is 15.7. The summed E-state index contributed by atoms with van der Waals surface area (Å²) in [6.07, 6.45) is -3.02. The molecule has 0 aromatic heterocycles. The number of hydrogen-bond acceptors (Lipinski definition) is 18. The molecule has 10 rings (SSSR count). The molecular formula is C85H109N7O16. The minimum atomic E-state index is -1.44. The second-order valence-corrected chi connectivity index (χ2v) is 31.4. The Morgan fingerprint density at radius 1 is 0.463 bits per heavy atom. The van der Waals surface area contributed by atoms with E-state index >= 15 is 19.2 Å². The minimum Gasteiger partial charge on any atom is -0.466 e. The van der Waals surface area contributed by atoms with Gasteiger partial charge in [0.15, 0.2) is 0 Å². The van der Waals surface area contributed by atoms with Gasteiger partial charge in [-0.15, -0.1) is 0 Å². The third-order valence-electron chi connectivity index (χ3n) is 21.1. The van der Waals surface area contributed by atoms with Gasteiger partial charge in [-0.2, -0.15) is 0 Å². The zero-order chi connectivity index (χ0) is 78.0. The van der Waals surface area contributed by atoms with Gasteiger partial charge in [0.05, 0.1) is 62.1 Å². The van der Waals surface area contributed by atoms with Gasteiger partial charge in [-0.25, -0.2) is 24.0 Å². The fraction of sp³-hybridized carbons (Fsp3) is 0.518. The first kappa shape index (κ1) is 80.6. The van der Waals surface area contributed by atoms with Crippen molar-refractivity contribution in [1.82, 2.24) is 25.3 Å². The Morgan fingerprint density at radius 3 is 1.19 bits per heavy atom. The summed E-state index contributed by atoms with van der Waals surface area (Å²) < 4.78 is 41.4. The molecule has 23 nitrogen and oxygen atoms in total. The van der Waals surface area contributed by atoms with Crippen LogP contribution in [0.15, 0.2) is 133 Å². The topological polar surface area (TPSA) is 258 Å². The van der Waals surface area contributed by atoms with E-state index in [2.05, 4.69) is 20.4 Å². The predicted octanol–water partition coefficient (Wildman–Crippen LogP) is 13.8. The molecule has 0 radical (unpaired) electrons. The number of hydrogen-bond donors (Lipinski definition) is 2. The summed E-state index contributed by atoms with van der Waals surface area (Å²) in [5.41, 5.74) is 4.25. The van der Waals surface area contributed by atoms with Crippen molar-refractivity contribution in [2.24, 2.45) is 35.5 Å². The van der Waals surface area contributed by atoms with E-state index in [0.717, 1.165) is 55.2 Å². The number of amides is 5. The molecule has 108 heavy (non-hydrogen) atoms. The normalized spacial score (nSPS) is 20.0. The van der Waals surface area contributed by atoms with Gasteiger partial charge in [-0.1, -0.05) is 165 Å². The average Bonchev–Trinajstić information content (AvgIpc) is 1.57. The van der Waals surface area contributed by atoms with E-state index in [1.54, 1.807) is 99.8 Å². The maximum Gasteiger partial charge on any atom is 0.413 e. The number of rotatable bonds is 28. The molecule has 4 aliphatic rings. The minimum absolute atomic E-state index is 0.142. The van der Waals surface area contributed by atoms with E-state index in [1.165, 1.54) is 4.90 Å². The van der Waals surface area contributed by atoms with Crippen LogP contribution in [0, 0.1) is 35.5 Å². The molecule has 4 heterocycles. The summed E-state index contributed by atoms with van der Waals surface area (Å²) in [7, 11) is 0. The molecule has 4 saturated heterocycles. The maximum absolute atomic E-state index is 15.4. The lowest BCUT2D eigenvalue weighted by molar-refractivity contribution is -0.183. The molecule has 0 aliphatic carbocycles. The van der Waals surface area contributed by atoms with E-state index in [4.69, 9.17) is 33.2 Å². The molecule has 0 spiro atoms. The van der Waals surface area contributed by atoms with Crippen molar-refractivity contribution in [3.05, 3.63) is 156 Å². The number of benzene rings is 6. The van der Waals surface area contributed by atoms with E-state index in [9.17, 15) is 24.0 Å². The summed E-state index contributed by atoms with van der Waals surface area (Å²) in [6.45, 7) is 29.2. The first-order chi connectivity index (χ1) is 51.4.